The summed E-state index contributed by atoms with van der Waals surface area (Å²) in [5, 5.41) is 23.0. The molecule has 8 heteroatoms. The number of fused-ring (bicyclic) bond motifs is 2. The lowest BCUT2D eigenvalue weighted by Crippen LogP contribution is -2.32. The molecule has 2 unspecified atom stereocenters. The summed E-state index contributed by atoms with van der Waals surface area (Å²) in [6, 6.07) is 9.79. The number of rotatable bonds is 6. The molecule has 2 aromatic carbocycles. The zero-order chi connectivity index (χ0) is 21.3. The summed E-state index contributed by atoms with van der Waals surface area (Å²) < 4.78 is 16.3. The summed E-state index contributed by atoms with van der Waals surface area (Å²) in [7, 11) is 0. The lowest BCUT2D eigenvalue weighted by molar-refractivity contribution is -0.121. The van der Waals surface area contributed by atoms with E-state index in [9.17, 15) is 19.8 Å². The van der Waals surface area contributed by atoms with E-state index in [2.05, 4.69) is 5.32 Å². The zero-order valence-electron chi connectivity index (χ0n) is 16.3. The summed E-state index contributed by atoms with van der Waals surface area (Å²) in [5.41, 5.74) is 0.713. The van der Waals surface area contributed by atoms with E-state index in [-0.39, 0.29) is 42.4 Å². The van der Waals surface area contributed by atoms with E-state index in [0.717, 1.165) is 0 Å². The maximum atomic E-state index is 13.2. The van der Waals surface area contributed by atoms with E-state index in [0.29, 0.717) is 28.0 Å². The van der Waals surface area contributed by atoms with Gasteiger partial charge in [0.2, 0.25) is 12.7 Å². The van der Waals surface area contributed by atoms with E-state index in [1.54, 1.807) is 37.3 Å². The molecule has 1 amide bonds. The SMILES string of the molecule is CC(O)CNC(=O)CC(c1cc2c(cc1O)OCO2)c1coc2ccccc2c1=O. The number of nitrogens with one attached hydrogen (secondary N) is 1. The number of amides is 1. The average molecular weight is 411 g/mol. The highest BCUT2D eigenvalue weighted by Gasteiger charge is 2.28. The fourth-order valence-corrected chi connectivity index (χ4v) is 3.47. The van der Waals surface area contributed by atoms with Crippen LogP contribution in [-0.2, 0) is 4.79 Å². The molecule has 1 aromatic heterocycles. The minimum atomic E-state index is -0.797. The van der Waals surface area contributed by atoms with Crippen LogP contribution in [0.4, 0.5) is 0 Å². The smallest absolute Gasteiger partial charge is 0.231 e. The van der Waals surface area contributed by atoms with Crippen LogP contribution in [0.3, 0.4) is 0 Å². The molecular formula is C22H21NO7. The molecule has 3 aromatic rings. The van der Waals surface area contributed by atoms with Crippen molar-refractivity contribution in [2.24, 2.45) is 0 Å². The second-order valence-corrected chi connectivity index (χ2v) is 7.19. The van der Waals surface area contributed by atoms with Crippen LogP contribution >= 0.6 is 0 Å². The highest BCUT2D eigenvalue weighted by Crippen LogP contribution is 2.42. The highest BCUT2D eigenvalue weighted by molar-refractivity contribution is 5.80. The molecule has 156 valence electrons. The maximum absolute atomic E-state index is 13.2. The van der Waals surface area contributed by atoms with Gasteiger partial charge in [0.05, 0.1) is 17.8 Å². The molecule has 1 aliphatic rings. The number of phenols is 1. The Bertz CT molecular complexity index is 1150. The van der Waals surface area contributed by atoms with Crippen LogP contribution in [0.1, 0.15) is 30.4 Å². The summed E-state index contributed by atoms with van der Waals surface area (Å²) in [5.74, 6) is -0.499. The number of carbonyl (C=O) groups is 1. The van der Waals surface area contributed by atoms with Gasteiger partial charge in [-0.1, -0.05) is 12.1 Å². The van der Waals surface area contributed by atoms with Crippen molar-refractivity contribution in [2.45, 2.75) is 25.4 Å². The average Bonchev–Trinajstić information content (AvgIpc) is 3.18. The molecule has 0 spiro atoms. The third kappa shape index (κ3) is 3.81. The number of benzene rings is 2. The zero-order valence-corrected chi connectivity index (χ0v) is 16.3. The van der Waals surface area contributed by atoms with Crippen LogP contribution < -0.4 is 20.2 Å². The van der Waals surface area contributed by atoms with Crippen LogP contribution in [0.15, 0.2) is 51.9 Å². The molecule has 8 nitrogen and oxygen atoms in total. The van der Waals surface area contributed by atoms with E-state index in [1.165, 1.54) is 12.3 Å². The van der Waals surface area contributed by atoms with Crippen molar-refractivity contribution < 1.29 is 28.9 Å². The van der Waals surface area contributed by atoms with Gasteiger partial charge in [0.15, 0.2) is 16.9 Å². The predicted octanol–water partition coefficient (Wildman–Crippen LogP) is 2.25. The minimum absolute atomic E-state index is 0.0237. The predicted molar refractivity (Wildman–Crippen MR) is 108 cm³/mol. The first kappa shape index (κ1) is 19.8. The second kappa shape index (κ2) is 8.08. The summed E-state index contributed by atoms with van der Waals surface area (Å²) in [6.07, 6.45) is 0.474. The highest BCUT2D eigenvalue weighted by atomic mass is 16.7. The van der Waals surface area contributed by atoms with Gasteiger partial charge < -0.3 is 29.4 Å². The Morgan fingerprint density at radius 3 is 2.67 bits per heavy atom. The van der Waals surface area contributed by atoms with Gasteiger partial charge in [0.1, 0.15) is 11.3 Å². The minimum Gasteiger partial charge on any atom is -0.508 e. The molecule has 0 bridgehead atoms. The van der Waals surface area contributed by atoms with Crippen molar-refractivity contribution in [1.82, 2.24) is 5.32 Å². The van der Waals surface area contributed by atoms with E-state index in [1.807, 2.05) is 0 Å². The van der Waals surface area contributed by atoms with Crippen LogP contribution in [0.2, 0.25) is 0 Å². The van der Waals surface area contributed by atoms with Gasteiger partial charge in [-0.25, -0.2) is 0 Å². The number of ether oxygens (including phenoxy) is 2. The van der Waals surface area contributed by atoms with Crippen molar-refractivity contribution in [3.63, 3.8) is 0 Å². The Kier molecular flexibility index (Phi) is 5.33. The third-order valence-corrected chi connectivity index (χ3v) is 4.96. The van der Waals surface area contributed by atoms with Crippen LogP contribution in [0, 0.1) is 0 Å². The van der Waals surface area contributed by atoms with Gasteiger partial charge >= 0.3 is 0 Å². The van der Waals surface area contributed by atoms with Crippen molar-refractivity contribution in [1.29, 1.82) is 0 Å². The van der Waals surface area contributed by atoms with Gasteiger partial charge in [-0.15, -0.1) is 0 Å². The molecule has 30 heavy (non-hydrogen) atoms. The topological polar surface area (TPSA) is 118 Å². The number of carbonyl (C=O) groups excluding carboxylic acids is 1. The van der Waals surface area contributed by atoms with Crippen LogP contribution in [-0.4, -0.2) is 35.6 Å². The quantitative estimate of drug-likeness (QED) is 0.569. The molecular weight excluding hydrogens is 390 g/mol. The van der Waals surface area contributed by atoms with E-state index < -0.39 is 12.0 Å². The molecule has 0 fully saturated rings. The maximum Gasteiger partial charge on any atom is 0.231 e. The Balaban J connectivity index is 1.80. The van der Waals surface area contributed by atoms with Gasteiger partial charge in [-0.3, -0.25) is 9.59 Å². The molecule has 4 rings (SSSR count). The van der Waals surface area contributed by atoms with Crippen molar-refractivity contribution >= 4 is 16.9 Å². The Morgan fingerprint density at radius 2 is 1.90 bits per heavy atom. The number of para-hydroxylation sites is 1. The molecule has 0 saturated carbocycles. The number of aliphatic hydroxyl groups is 1. The Morgan fingerprint density at radius 1 is 1.17 bits per heavy atom. The van der Waals surface area contributed by atoms with E-state index in [4.69, 9.17) is 13.9 Å². The standard InChI is InChI=1S/C22H21NO7/c1-12(24)9-23-21(26)7-14(15-6-19-20(8-17(15)25)30-11-29-19)16-10-28-18-5-3-2-4-13(18)22(16)27/h2-6,8,10,12,14,24-25H,7,9,11H2,1H3,(H,23,26). The molecule has 3 N–H and O–H groups in total. The molecule has 2 atom stereocenters. The van der Waals surface area contributed by atoms with Gasteiger partial charge in [-0.2, -0.15) is 0 Å². The Hall–Kier alpha value is -3.52. The van der Waals surface area contributed by atoms with Crippen molar-refractivity contribution in [3.8, 4) is 17.2 Å². The largest absolute Gasteiger partial charge is 0.508 e. The third-order valence-electron chi connectivity index (χ3n) is 4.96. The first-order valence-electron chi connectivity index (χ1n) is 9.51. The number of hydrogen-bond donors (Lipinski definition) is 3. The molecule has 0 aliphatic carbocycles. The summed E-state index contributed by atoms with van der Waals surface area (Å²) in [6.45, 7) is 1.65. The lowest BCUT2D eigenvalue weighted by Gasteiger charge is -2.19. The second-order valence-electron chi connectivity index (χ2n) is 7.19. The summed E-state index contributed by atoms with van der Waals surface area (Å²) >= 11 is 0. The lowest BCUT2D eigenvalue weighted by atomic mass is 9.87. The van der Waals surface area contributed by atoms with Gasteiger partial charge in [-0.05, 0) is 25.1 Å². The number of aliphatic hydroxyl groups excluding tert-OH is 1. The Labute approximate surface area is 171 Å². The first-order chi connectivity index (χ1) is 14.4. The number of phenolic OH excluding ortho intramolecular Hbond substituents is 1. The normalized spacial score (nSPS) is 14.5. The molecule has 2 heterocycles. The fourth-order valence-electron chi connectivity index (χ4n) is 3.47. The monoisotopic (exact) mass is 411 g/mol. The van der Waals surface area contributed by atoms with Gasteiger partial charge in [0.25, 0.3) is 0 Å². The van der Waals surface area contributed by atoms with Crippen LogP contribution in [0.25, 0.3) is 11.0 Å². The fraction of sp³-hybridized carbons (Fsp3) is 0.273. The number of aromatic hydroxyl groups is 1. The molecule has 0 radical (unpaired) electrons. The summed E-state index contributed by atoms with van der Waals surface area (Å²) in [4.78, 5) is 25.7. The number of hydrogen-bond acceptors (Lipinski definition) is 7. The molecule has 1 aliphatic heterocycles. The van der Waals surface area contributed by atoms with Gasteiger partial charge in [0, 0.05) is 36.1 Å². The van der Waals surface area contributed by atoms with Crippen molar-refractivity contribution in [2.75, 3.05) is 13.3 Å². The van der Waals surface area contributed by atoms with Crippen molar-refractivity contribution in [3.05, 3.63) is 64.0 Å². The van der Waals surface area contributed by atoms with E-state index >= 15 is 0 Å². The van der Waals surface area contributed by atoms with Crippen LogP contribution in [0.5, 0.6) is 17.2 Å². The first-order valence-corrected chi connectivity index (χ1v) is 9.51. The molecule has 0 saturated heterocycles.